The molecule has 3 aromatic rings. The minimum atomic E-state index is -0.474. The van der Waals surface area contributed by atoms with Crippen molar-refractivity contribution in [3.05, 3.63) is 107 Å². The average Bonchev–Trinajstić information content (AvgIpc) is 2.74. The predicted octanol–water partition coefficient (Wildman–Crippen LogP) is 5.83. The molecule has 4 nitrogen and oxygen atoms in total. The number of hydrogen-bond acceptors (Lipinski definition) is 4. The summed E-state index contributed by atoms with van der Waals surface area (Å²) < 4.78 is 11.8. The van der Waals surface area contributed by atoms with E-state index in [0.717, 1.165) is 5.56 Å². The lowest BCUT2D eigenvalue weighted by atomic mass is 9.81. The van der Waals surface area contributed by atoms with Gasteiger partial charge in [-0.15, -0.1) is 0 Å². The van der Waals surface area contributed by atoms with Gasteiger partial charge in [-0.2, -0.15) is 0 Å². The summed E-state index contributed by atoms with van der Waals surface area (Å²) in [5.41, 5.74) is 2.34. The molecule has 0 heterocycles. The maximum Gasteiger partial charge on any atom is 0.198 e. The Kier molecular flexibility index (Phi) is 5.24. The fraction of sp³-hybridized carbons (Fsp3) is 0.185. The molecular weight excluding hydrogens is 388 g/mol. The molecule has 0 N–H and O–H groups in total. The van der Waals surface area contributed by atoms with E-state index in [2.05, 4.69) is 6.58 Å². The van der Waals surface area contributed by atoms with Crippen LogP contribution in [0.15, 0.2) is 73.3 Å². The van der Waals surface area contributed by atoms with E-state index in [0.29, 0.717) is 45.9 Å². The summed E-state index contributed by atoms with van der Waals surface area (Å²) in [7, 11) is 0. The largest absolute Gasteiger partial charge is 0.488 e. The number of fused-ring (bicyclic) bond motifs is 2. The highest BCUT2D eigenvalue weighted by Crippen LogP contribution is 2.37. The standard InChI is InChI=1S/C27H24O4/c1-17(31-27(2,3)4)19-12-8-13-20-23(19)25(28)21-14-9-15-22(24(21)26(20)29)30-16-18-10-6-5-7-11-18/h5-15H,1,16H2,2-4H3. The molecule has 0 saturated carbocycles. The normalized spacial score (nSPS) is 12.7. The Morgan fingerprint density at radius 3 is 2.10 bits per heavy atom. The first kappa shape index (κ1) is 20.6. The SMILES string of the molecule is C=C(OC(C)(C)C)c1cccc2c1C(=O)c1cccc(OCc3ccccc3)c1C2=O. The zero-order chi connectivity index (χ0) is 22.2. The first-order valence-electron chi connectivity index (χ1n) is 10.2. The zero-order valence-corrected chi connectivity index (χ0v) is 17.9. The molecular formula is C27H24O4. The molecule has 4 rings (SSSR count). The molecule has 0 radical (unpaired) electrons. The fourth-order valence-electron chi connectivity index (χ4n) is 3.72. The van der Waals surface area contributed by atoms with E-state index in [1.807, 2.05) is 51.1 Å². The van der Waals surface area contributed by atoms with Crippen LogP contribution in [0.5, 0.6) is 5.75 Å². The Labute approximate surface area is 182 Å². The highest BCUT2D eigenvalue weighted by Gasteiger charge is 2.35. The zero-order valence-electron chi connectivity index (χ0n) is 17.9. The number of rotatable bonds is 5. The Morgan fingerprint density at radius 2 is 1.42 bits per heavy atom. The second kappa shape index (κ2) is 7.88. The van der Waals surface area contributed by atoms with Gasteiger partial charge < -0.3 is 9.47 Å². The van der Waals surface area contributed by atoms with Crippen molar-refractivity contribution < 1.29 is 19.1 Å². The van der Waals surface area contributed by atoms with Crippen molar-refractivity contribution in [2.75, 3.05) is 0 Å². The Morgan fingerprint density at radius 1 is 0.806 bits per heavy atom. The van der Waals surface area contributed by atoms with Crippen LogP contribution in [0.4, 0.5) is 0 Å². The molecule has 0 aromatic heterocycles. The molecule has 0 saturated heterocycles. The first-order valence-corrected chi connectivity index (χ1v) is 10.2. The molecule has 0 bridgehead atoms. The Bertz CT molecular complexity index is 1180. The number of ether oxygens (including phenoxy) is 2. The van der Waals surface area contributed by atoms with Crippen molar-refractivity contribution in [2.45, 2.75) is 33.0 Å². The van der Waals surface area contributed by atoms with E-state index in [4.69, 9.17) is 9.47 Å². The maximum absolute atomic E-state index is 13.5. The van der Waals surface area contributed by atoms with Crippen LogP contribution in [-0.2, 0) is 11.3 Å². The van der Waals surface area contributed by atoms with Gasteiger partial charge in [-0.25, -0.2) is 0 Å². The van der Waals surface area contributed by atoms with Crippen molar-refractivity contribution in [3.63, 3.8) is 0 Å². The van der Waals surface area contributed by atoms with Gasteiger partial charge in [0.25, 0.3) is 0 Å². The Hall–Kier alpha value is -3.66. The monoisotopic (exact) mass is 412 g/mol. The molecule has 0 fully saturated rings. The third-order valence-corrected chi connectivity index (χ3v) is 5.00. The predicted molar refractivity (Wildman–Crippen MR) is 120 cm³/mol. The van der Waals surface area contributed by atoms with Crippen molar-refractivity contribution >= 4 is 17.3 Å². The van der Waals surface area contributed by atoms with Gasteiger partial charge in [0.2, 0.25) is 0 Å². The smallest absolute Gasteiger partial charge is 0.198 e. The highest BCUT2D eigenvalue weighted by atomic mass is 16.5. The van der Waals surface area contributed by atoms with Gasteiger partial charge in [0.05, 0.1) is 5.56 Å². The van der Waals surface area contributed by atoms with Crippen molar-refractivity contribution in [2.24, 2.45) is 0 Å². The van der Waals surface area contributed by atoms with Crippen LogP contribution in [0.1, 0.15) is 63.7 Å². The lowest BCUT2D eigenvalue weighted by Gasteiger charge is -2.26. The lowest BCUT2D eigenvalue weighted by Crippen LogP contribution is -2.24. The van der Waals surface area contributed by atoms with Crippen LogP contribution in [0.25, 0.3) is 5.76 Å². The quantitative estimate of drug-likeness (QED) is 0.387. The topological polar surface area (TPSA) is 52.6 Å². The number of carbonyl (C=O) groups is 2. The maximum atomic E-state index is 13.5. The van der Waals surface area contributed by atoms with Gasteiger partial charge in [-0.05, 0) is 32.4 Å². The minimum absolute atomic E-state index is 0.232. The summed E-state index contributed by atoms with van der Waals surface area (Å²) in [6.07, 6.45) is 0. The molecule has 0 atom stereocenters. The van der Waals surface area contributed by atoms with Crippen molar-refractivity contribution in [1.29, 1.82) is 0 Å². The molecule has 0 spiro atoms. The van der Waals surface area contributed by atoms with Crippen LogP contribution in [-0.4, -0.2) is 17.2 Å². The van der Waals surface area contributed by atoms with Crippen LogP contribution in [0, 0.1) is 0 Å². The summed E-state index contributed by atoms with van der Waals surface area (Å²) in [6, 6.07) is 20.0. The molecule has 3 aromatic carbocycles. The summed E-state index contributed by atoms with van der Waals surface area (Å²) in [4.78, 5) is 26.9. The molecule has 156 valence electrons. The minimum Gasteiger partial charge on any atom is -0.488 e. The van der Waals surface area contributed by atoms with Gasteiger partial charge in [0.15, 0.2) is 11.6 Å². The molecule has 1 aliphatic rings. The molecule has 0 unspecified atom stereocenters. The lowest BCUT2D eigenvalue weighted by molar-refractivity contribution is 0.0948. The second-order valence-electron chi connectivity index (χ2n) is 8.48. The van der Waals surface area contributed by atoms with Gasteiger partial charge in [0.1, 0.15) is 23.7 Å². The number of ketones is 2. The summed E-state index contributed by atoms with van der Waals surface area (Å²) in [5, 5.41) is 0. The van der Waals surface area contributed by atoms with Crippen molar-refractivity contribution in [3.8, 4) is 5.75 Å². The molecule has 1 aliphatic carbocycles. The second-order valence-corrected chi connectivity index (χ2v) is 8.48. The van der Waals surface area contributed by atoms with Crippen LogP contribution in [0.3, 0.4) is 0 Å². The molecule has 0 amide bonds. The summed E-state index contributed by atoms with van der Waals surface area (Å²) in [5.74, 6) is 0.300. The number of benzene rings is 3. The van der Waals surface area contributed by atoms with Crippen molar-refractivity contribution in [1.82, 2.24) is 0 Å². The van der Waals surface area contributed by atoms with Crippen LogP contribution >= 0.6 is 0 Å². The van der Waals surface area contributed by atoms with Crippen LogP contribution in [0.2, 0.25) is 0 Å². The van der Waals surface area contributed by atoms with Crippen LogP contribution < -0.4 is 4.74 Å². The summed E-state index contributed by atoms with van der Waals surface area (Å²) >= 11 is 0. The number of hydrogen-bond donors (Lipinski definition) is 0. The van der Waals surface area contributed by atoms with Gasteiger partial charge in [-0.3, -0.25) is 9.59 Å². The third kappa shape index (κ3) is 4.02. The van der Waals surface area contributed by atoms with E-state index in [-0.39, 0.29) is 11.6 Å². The van der Waals surface area contributed by atoms with Gasteiger partial charge >= 0.3 is 0 Å². The van der Waals surface area contributed by atoms with E-state index in [9.17, 15) is 9.59 Å². The fourth-order valence-corrected chi connectivity index (χ4v) is 3.72. The Balaban J connectivity index is 1.74. The average molecular weight is 412 g/mol. The summed E-state index contributed by atoms with van der Waals surface area (Å²) in [6.45, 7) is 10.0. The molecule has 4 heteroatoms. The van der Waals surface area contributed by atoms with Gasteiger partial charge in [0, 0.05) is 22.3 Å². The van der Waals surface area contributed by atoms with E-state index in [1.165, 1.54) is 0 Å². The van der Waals surface area contributed by atoms with E-state index >= 15 is 0 Å². The first-order chi connectivity index (χ1) is 14.8. The molecule has 31 heavy (non-hydrogen) atoms. The molecule has 0 aliphatic heterocycles. The van der Waals surface area contributed by atoms with E-state index in [1.54, 1.807) is 36.4 Å². The van der Waals surface area contributed by atoms with Gasteiger partial charge in [-0.1, -0.05) is 67.2 Å². The third-order valence-electron chi connectivity index (χ3n) is 5.00. The van der Waals surface area contributed by atoms with E-state index < -0.39 is 5.60 Å². The number of carbonyl (C=O) groups excluding carboxylic acids is 2. The highest BCUT2D eigenvalue weighted by molar-refractivity contribution is 6.30.